The average molecular weight is 287 g/mol. The number of para-hydroxylation sites is 1. The number of anilines is 1. The molecule has 106 valence electrons. The van der Waals surface area contributed by atoms with E-state index in [1.165, 1.54) is 0 Å². The zero-order chi connectivity index (χ0) is 14.1. The second-order valence-corrected chi connectivity index (χ2v) is 5.29. The first-order chi connectivity index (χ1) is 8.97. The molecule has 0 spiro atoms. The van der Waals surface area contributed by atoms with Gasteiger partial charge in [-0.3, -0.25) is 9.32 Å². The summed E-state index contributed by atoms with van der Waals surface area (Å²) < 4.78 is 14.7. The molecule has 1 amide bonds. The molecule has 0 fully saturated rings. The van der Waals surface area contributed by atoms with Gasteiger partial charge in [0.2, 0.25) is 5.91 Å². The molecular formula is C12H18NO5P. The number of rotatable bonds is 8. The van der Waals surface area contributed by atoms with Crippen molar-refractivity contribution < 1.29 is 23.7 Å². The molecule has 0 atom stereocenters. The van der Waals surface area contributed by atoms with Gasteiger partial charge in [0.15, 0.2) is 0 Å². The Kier molecular flexibility index (Phi) is 6.73. The van der Waals surface area contributed by atoms with Crippen molar-refractivity contribution in [2.75, 3.05) is 11.9 Å². The van der Waals surface area contributed by atoms with Crippen molar-refractivity contribution in [3.8, 4) is 0 Å². The Hall–Kier alpha value is -1.20. The molecule has 19 heavy (non-hydrogen) atoms. The van der Waals surface area contributed by atoms with E-state index in [4.69, 9.17) is 9.79 Å². The molecule has 0 aliphatic rings. The van der Waals surface area contributed by atoms with Crippen molar-refractivity contribution in [3.05, 3.63) is 30.3 Å². The van der Waals surface area contributed by atoms with E-state index in [1.54, 1.807) is 0 Å². The lowest BCUT2D eigenvalue weighted by Crippen LogP contribution is -2.10. The lowest BCUT2D eigenvalue weighted by Gasteiger charge is -2.06. The first kappa shape index (κ1) is 15.9. The minimum Gasteiger partial charge on any atom is -0.326 e. The third-order valence-electron chi connectivity index (χ3n) is 2.37. The number of carbonyl (C=O) groups excluding carboxylic acids is 1. The van der Waals surface area contributed by atoms with Crippen LogP contribution in [-0.2, 0) is 13.9 Å². The maximum absolute atomic E-state index is 11.5. The zero-order valence-electron chi connectivity index (χ0n) is 10.5. The maximum Gasteiger partial charge on any atom is 0.469 e. The van der Waals surface area contributed by atoms with E-state index in [0.29, 0.717) is 25.7 Å². The predicted octanol–water partition coefficient (Wildman–Crippen LogP) is 2.29. The molecule has 1 aromatic rings. The van der Waals surface area contributed by atoms with Crippen molar-refractivity contribution >= 4 is 19.4 Å². The van der Waals surface area contributed by atoms with Crippen molar-refractivity contribution in [2.24, 2.45) is 0 Å². The van der Waals surface area contributed by atoms with Gasteiger partial charge in [-0.25, -0.2) is 4.57 Å². The molecule has 0 saturated carbocycles. The van der Waals surface area contributed by atoms with Gasteiger partial charge in [0, 0.05) is 12.1 Å². The largest absolute Gasteiger partial charge is 0.469 e. The number of phosphoric acid groups is 1. The fourth-order valence-electron chi connectivity index (χ4n) is 1.49. The number of benzene rings is 1. The molecule has 1 rings (SSSR count). The molecular weight excluding hydrogens is 269 g/mol. The van der Waals surface area contributed by atoms with E-state index in [2.05, 4.69) is 9.84 Å². The van der Waals surface area contributed by atoms with Gasteiger partial charge in [-0.05, 0) is 25.0 Å². The normalized spacial score (nSPS) is 11.3. The number of nitrogens with one attached hydrogen (secondary N) is 1. The van der Waals surface area contributed by atoms with Crippen LogP contribution in [0.1, 0.15) is 25.7 Å². The highest BCUT2D eigenvalue weighted by Gasteiger charge is 2.12. The average Bonchev–Trinajstić information content (AvgIpc) is 2.33. The van der Waals surface area contributed by atoms with Crippen molar-refractivity contribution in [1.29, 1.82) is 0 Å². The van der Waals surface area contributed by atoms with Crippen LogP contribution >= 0.6 is 7.82 Å². The predicted molar refractivity (Wildman–Crippen MR) is 71.5 cm³/mol. The minimum absolute atomic E-state index is 0.00455. The van der Waals surface area contributed by atoms with Crippen LogP contribution in [0, 0.1) is 0 Å². The first-order valence-corrected chi connectivity index (χ1v) is 7.55. The third-order valence-corrected chi connectivity index (χ3v) is 2.88. The monoisotopic (exact) mass is 287 g/mol. The summed E-state index contributed by atoms with van der Waals surface area (Å²) in [6.45, 7) is 0.00455. The summed E-state index contributed by atoms with van der Waals surface area (Å²) in [4.78, 5) is 28.4. The Morgan fingerprint density at radius 3 is 2.47 bits per heavy atom. The van der Waals surface area contributed by atoms with Crippen LogP contribution < -0.4 is 5.32 Å². The van der Waals surface area contributed by atoms with Gasteiger partial charge in [-0.2, -0.15) is 0 Å². The lowest BCUT2D eigenvalue weighted by molar-refractivity contribution is -0.116. The fourth-order valence-corrected chi connectivity index (χ4v) is 1.86. The third kappa shape index (κ3) is 8.51. The highest BCUT2D eigenvalue weighted by molar-refractivity contribution is 7.46. The smallest absolute Gasteiger partial charge is 0.326 e. The van der Waals surface area contributed by atoms with Gasteiger partial charge < -0.3 is 15.1 Å². The molecule has 0 aliphatic carbocycles. The van der Waals surface area contributed by atoms with E-state index in [0.717, 1.165) is 5.69 Å². The molecule has 0 saturated heterocycles. The van der Waals surface area contributed by atoms with Gasteiger partial charge >= 0.3 is 7.82 Å². The Labute approximate surface area is 112 Å². The number of hydrogen-bond donors (Lipinski definition) is 3. The summed E-state index contributed by atoms with van der Waals surface area (Å²) in [6, 6.07) is 9.18. The zero-order valence-corrected chi connectivity index (χ0v) is 11.4. The highest BCUT2D eigenvalue weighted by Crippen LogP contribution is 2.35. The molecule has 0 unspecified atom stereocenters. The van der Waals surface area contributed by atoms with E-state index in [-0.39, 0.29) is 12.5 Å². The topological polar surface area (TPSA) is 95.9 Å². The molecule has 0 radical (unpaired) electrons. The Bertz CT molecular complexity index is 431. The summed E-state index contributed by atoms with van der Waals surface area (Å²) in [6.07, 6.45) is 2.24. The molecule has 0 heterocycles. The molecule has 0 aromatic heterocycles. The molecule has 0 bridgehead atoms. The molecule has 6 nitrogen and oxygen atoms in total. The van der Waals surface area contributed by atoms with Crippen LogP contribution in [-0.4, -0.2) is 22.3 Å². The van der Waals surface area contributed by atoms with E-state index < -0.39 is 7.82 Å². The number of hydrogen-bond acceptors (Lipinski definition) is 3. The van der Waals surface area contributed by atoms with Gasteiger partial charge in [0.25, 0.3) is 0 Å². The van der Waals surface area contributed by atoms with Crippen molar-refractivity contribution in [1.82, 2.24) is 0 Å². The van der Waals surface area contributed by atoms with Crippen LogP contribution in [0.3, 0.4) is 0 Å². The Morgan fingerprint density at radius 1 is 1.16 bits per heavy atom. The van der Waals surface area contributed by atoms with Gasteiger partial charge in [-0.15, -0.1) is 0 Å². The summed E-state index contributed by atoms with van der Waals surface area (Å²) in [7, 11) is -4.36. The second-order valence-electron chi connectivity index (χ2n) is 4.05. The van der Waals surface area contributed by atoms with Crippen LogP contribution in [0.5, 0.6) is 0 Å². The van der Waals surface area contributed by atoms with Gasteiger partial charge in [0.1, 0.15) is 0 Å². The summed E-state index contributed by atoms with van der Waals surface area (Å²) in [5, 5.41) is 2.76. The minimum atomic E-state index is -4.36. The molecule has 1 aromatic carbocycles. The standard InChI is InChI=1S/C12H18NO5P/c14-12(13-11-7-3-1-4-8-11)9-5-2-6-10-18-19(15,16)17/h1,3-4,7-8H,2,5-6,9-10H2,(H,13,14)(H2,15,16,17). The summed E-state index contributed by atoms with van der Waals surface area (Å²) in [5.74, 6) is -0.0675. The van der Waals surface area contributed by atoms with Crippen LogP contribution in [0.2, 0.25) is 0 Å². The van der Waals surface area contributed by atoms with Crippen LogP contribution in [0.25, 0.3) is 0 Å². The van der Waals surface area contributed by atoms with Crippen molar-refractivity contribution in [2.45, 2.75) is 25.7 Å². The van der Waals surface area contributed by atoms with Crippen LogP contribution in [0.15, 0.2) is 30.3 Å². The fraction of sp³-hybridized carbons (Fsp3) is 0.417. The number of amides is 1. The number of unbranched alkanes of at least 4 members (excludes halogenated alkanes) is 2. The van der Waals surface area contributed by atoms with Crippen molar-refractivity contribution in [3.63, 3.8) is 0 Å². The maximum atomic E-state index is 11.5. The summed E-state index contributed by atoms with van der Waals surface area (Å²) in [5.41, 5.74) is 0.761. The second kappa shape index (κ2) is 8.07. The van der Waals surface area contributed by atoms with E-state index in [9.17, 15) is 9.36 Å². The molecule has 0 aliphatic heterocycles. The number of phosphoric ester groups is 1. The quantitative estimate of drug-likeness (QED) is 0.503. The Morgan fingerprint density at radius 2 is 1.84 bits per heavy atom. The highest BCUT2D eigenvalue weighted by atomic mass is 31.2. The summed E-state index contributed by atoms with van der Waals surface area (Å²) >= 11 is 0. The SMILES string of the molecule is O=C(CCCCCOP(=O)(O)O)Nc1ccccc1. The Balaban J connectivity index is 2.07. The first-order valence-electron chi connectivity index (χ1n) is 6.02. The van der Waals surface area contributed by atoms with E-state index in [1.807, 2.05) is 30.3 Å². The number of carbonyl (C=O) groups is 1. The van der Waals surface area contributed by atoms with Gasteiger partial charge in [0.05, 0.1) is 6.61 Å². The molecule has 7 heteroatoms. The van der Waals surface area contributed by atoms with Gasteiger partial charge in [-0.1, -0.05) is 24.6 Å². The van der Waals surface area contributed by atoms with E-state index >= 15 is 0 Å². The van der Waals surface area contributed by atoms with Crippen LogP contribution in [0.4, 0.5) is 5.69 Å². The molecule has 3 N–H and O–H groups in total. The lowest BCUT2D eigenvalue weighted by atomic mass is 10.2.